The van der Waals surface area contributed by atoms with Gasteiger partial charge < -0.3 is 20.1 Å². The maximum Gasteiger partial charge on any atom is 0.309 e. The Balaban J connectivity index is 1.01. The summed E-state index contributed by atoms with van der Waals surface area (Å²) in [6, 6.07) is 0.0717. The van der Waals surface area contributed by atoms with Crippen molar-refractivity contribution in [1.82, 2.24) is 15.5 Å². The molecule has 14 unspecified atom stereocenters. The van der Waals surface area contributed by atoms with Gasteiger partial charge in [0.25, 0.3) is 0 Å². The Morgan fingerprint density at radius 2 is 1.57 bits per heavy atom. The average Bonchev–Trinajstić information content (AvgIpc) is 3.43. The van der Waals surface area contributed by atoms with Crippen molar-refractivity contribution >= 4 is 23.8 Å². The highest BCUT2D eigenvalue weighted by atomic mass is 16.5. The summed E-state index contributed by atoms with van der Waals surface area (Å²) in [5.41, 5.74) is -0.532. The fourth-order valence-corrected chi connectivity index (χ4v) is 15.4. The number of ether oxygens (including phenoxy) is 1. The van der Waals surface area contributed by atoms with E-state index in [4.69, 9.17) is 4.74 Å². The van der Waals surface area contributed by atoms with E-state index in [0.29, 0.717) is 23.7 Å². The van der Waals surface area contributed by atoms with Gasteiger partial charge in [0.05, 0.1) is 22.8 Å². The Bertz CT molecular complexity index is 1640. The fourth-order valence-electron chi connectivity index (χ4n) is 15.4. The number of nitrogens with zero attached hydrogens (tertiary/aromatic N) is 1. The van der Waals surface area contributed by atoms with Gasteiger partial charge in [0, 0.05) is 30.6 Å². The van der Waals surface area contributed by atoms with E-state index in [1.165, 1.54) is 5.57 Å². The third kappa shape index (κ3) is 4.96. The molecule has 2 aliphatic heterocycles. The molecule has 0 radical (unpaired) electrons. The Morgan fingerprint density at radius 1 is 0.889 bits per heavy atom. The van der Waals surface area contributed by atoms with E-state index < -0.39 is 17.4 Å². The molecule has 8 rings (SSSR count). The van der Waals surface area contributed by atoms with Gasteiger partial charge >= 0.3 is 11.9 Å². The zero-order chi connectivity index (χ0) is 39.0. The van der Waals surface area contributed by atoms with Crippen molar-refractivity contribution in [1.29, 1.82) is 0 Å². The molecule has 9 heteroatoms. The average molecular weight is 748 g/mol. The number of hydrogen-bond donors (Lipinski definition) is 3. The minimum absolute atomic E-state index is 0.0308. The van der Waals surface area contributed by atoms with Crippen molar-refractivity contribution in [2.75, 3.05) is 13.1 Å². The normalized spacial score (nSPS) is 48.9. The summed E-state index contributed by atoms with van der Waals surface area (Å²) in [4.78, 5) is 55.0. The lowest BCUT2D eigenvalue weighted by molar-refractivity contribution is -0.222. The van der Waals surface area contributed by atoms with E-state index in [9.17, 15) is 24.3 Å². The van der Waals surface area contributed by atoms with Crippen molar-refractivity contribution in [3.63, 3.8) is 0 Å². The van der Waals surface area contributed by atoms with Gasteiger partial charge in [-0.05, 0) is 157 Å². The largest absolute Gasteiger partial charge is 0.481 e. The number of carbonyl (C=O) groups is 4. The Kier molecular flexibility index (Phi) is 8.75. The SMILES string of the molecule is C=C(C)C1CCC2(C(=O)NC3CC(C(=O)N4CCCC4)C3C)CCC3(C)C(CCC4C3(C)CCC35NC3(C)C(OC(=O)CC(C)(C)C(=O)O)CCC45C)C12. The summed E-state index contributed by atoms with van der Waals surface area (Å²) < 4.78 is 6.16. The number of esters is 1. The van der Waals surface area contributed by atoms with Crippen molar-refractivity contribution in [2.24, 2.45) is 62.6 Å². The molecular weight excluding hydrogens is 679 g/mol. The topological polar surface area (TPSA) is 135 Å². The second kappa shape index (κ2) is 12.3. The third-order valence-electron chi connectivity index (χ3n) is 19.1. The summed E-state index contributed by atoms with van der Waals surface area (Å²) in [6.07, 6.45) is 12.6. The van der Waals surface area contributed by atoms with E-state index in [2.05, 4.69) is 58.8 Å². The maximum absolute atomic E-state index is 14.8. The van der Waals surface area contributed by atoms with E-state index in [1.54, 1.807) is 13.8 Å². The number of carboxylic acid groups (broad SMARTS) is 1. The van der Waals surface area contributed by atoms with Crippen LogP contribution in [0.4, 0.5) is 0 Å². The molecule has 0 bridgehead atoms. The van der Waals surface area contributed by atoms with Crippen LogP contribution in [0, 0.1) is 62.6 Å². The highest BCUT2D eigenvalue weighted by molar-refractivity contribution is 5.86. The van der Waals surface area contributed by atoms with Crippen LogP contribution in [0.1, 0.15) is 145 Å². The van der Waals surface area contributed by atoms with Crippen LogP contribution in [0.25, 0.3) is 0 Å². The lowest BCUT2D eigenvalue weighted by atomic mass is 9.33. The minimum Gasteiger partial charge on any atom is -0.481 e. The second-order valence-electron chi connectivity index (χ2n) is 21.6. The fraction of sp³-hybridized carbons (Fsp3) is 0.867. The molecule has 6 saturated carbocycles. The molecule has 0 aromatic heterocycles. The number of rotatable bonds is 8. The van der Waals surface area contributed by atoms with Crippen LogP contribution >= 0.6 is 0 Å². The van der Waals surface area contributed by atoms with Gasteiger partial charge in [0.2, 0.25) is 11.8 Å². The molecular formula is C45H69N3O6. The highest BCUT2D eigenvalue weighted by Crippen LogP contribution is 2.80. The molecule has 54 heavy (non-hydrogen) atoms. The van der Waals surface area contributed by atoms with Crippen LogP contribution in [0.2, 0.25) is 0 Å². The first-order valence-corrected chi connectivity index (χ1v) is 21.7. The lowest BCUT2D eigenvalue weighted by Crippen LogP contribution is -2.69. The first-order chi connectivity index (χ1) is 25.2. The van der Waals surface area contributed by atoms with Gasteiger partial charge in [0.15, 0.2) is 0 Å². The molecule has 2 heterocycles. The molecule has 2 saturated heterocycles. The van der Waals surface area contributed by atoms with E-state index in [1.807, 2.05) is 4.90 Å². The van der Waals surface area contributed by atoms with Crippen molar-refractivity contribution < 1.29 is 29.0 Å². The number of hydrogen-bond acceptors (Lipinski definition) is 6. The standard InChI is InChI=1S/C45H69N3O6/c1-26(2)28-14-17-44(37(51)46-31-24-29(27(31)3)36(50)48-22-10-11-23-48)20-18-40(6)30(35(28)44)12-13-32-41(40,7)19-21-45-42(32,8)16-15-33(43(45,9)47-45)54-34(49)25-39(4,5)38(52)53/h27-33,35,47H,1,10-25H2,2-9H3,(H,46,51)(H,52,53). The predicted molar refractivity (Wildman–Crippen MR) is 207 cm³/mol. The summed E-state index contributed by atoms with van der Waals surface area (Å²) in [5.74, 6) is 0.910. The molecule has 0 aromatic carbocycles. The number of likely N-dealkylation sites (tertiary alicyclic amines) is 1. The molecule has 6 aliphatic carbocycles. The summed E-state index contributed by atoms with van der Waals surface area (Å²) in [5, 5.41) is 17.2. The molecule has 9 nitrogen and oxygen atoms in total. The van der Waals surface area contributed by atoms with Gasteiger partial charge in [-0.2, -0.15) is 0 Å². The quantitative estimate of drug-likeness (QED) is 0.135. The highest BCUT2D eigenvalue weighted by Gasteiger charge is 2.83. The number of amides is 2. The van der Waals surface area contributed by atoms with E-state index >= 15 is 0 Å². The van der Waals surface area contributed by atoms with Gasteiger partial charge in [0.1, 0.15) is 6.10 Å². The first-order valence-electron chi connectivity index (χ1n) is 21.7. The number of nitrogens with one attached hydrogen (secondary N) is 2. The molecule has 14 atom stereocenters. The third-order valence-corrected chi connectivity index (χ3v) is 19.1. The zero-order valence-corrected chi connectivity index (χ0v) is 34.6. The van der Waals surface area contributed by atoms with Crippen LogP contribution in [-0.4, -0.2) is 70.1 Å². The van der Waals surface area contributed by atoms with Crippen LogP contribution < -0.4 is 10.6 Å². The Morgan fingerprint density at radius 3 is 2.22 bits per heavy atom. The number of carbonyl (C=O) groups excluding carboxylic acids is 3. The summed E-state index contributed by atoms with van der Waals surface area (Å²) in [6.45, 7) is 23.8. The van der Waals surface area contributed by atoms with Gasteiger partial charge in [-0.1, -0.05) is 39.8 Å². The molecule has 3 N–H and O–H groups in total. The minimum atomic E-state index is -1.16. The number of allylic oxidation sites excluding steroid dienone is 1. The van der Waals surface area contributed by atoms with Crippen molar-refractivity contribution in [3.8, 4) is 0 Å². The van der Waals surface area contributed by atoms with E-state index in [0.717, 1.165) is 96.6 Å². The molecule has 0 aromatic rings. The molecule has 300 valence electrons. The van der Waals surface area contributed by atoms with Crippen molar-refractivity contribution in [3.05, 3.63) is 12.2 Å². The van der Waals surface area contributed by atoms with Crippen LogP contribution in [0.15, 0.2) is 12.2 Å². The molecule has 8 fully saturated rings. The maximum atomic E-state index is 14.8. The molecule has 8 aliphatic rings. The summed E-state index contributed by atoms with van der Waals surface area (Å²) >= 11 is 0. The molecule has 2 amide bonds. The van der Waals surface area contributed by atoms with Crippen LogP contribution in [0.5, 0.6) is 0 Å². The predicted octanol–water partition coefficient (Wildman–Crippen LogP) is 7.28. The first kappa shape index (κ1) is 38.5. The monoisotopic (exact) mass is 748 g/mol. The van der Waals surface area contributed by atoms with Crippen LogP contribution in [-0.2, 0) is 23.9 Å². The second-order valence-corrected chi connectivity index (χ2v) is 21.6. The lowest BCUT2D eigenvalue weighted by Gasteiger charge is -2.71. The van der Waals surface area contributed by atoms with Crippen molar-refractivity contribution in [2.45, 2.75) is 169 Å². The Hall–Kier alpha value is -2.42. The zero-order valence-electron chi connectivity index (χ0n) is 34.6. The number of carboxylic acids is 1. The van der Waals surface area contributed by atoms with E-state index in [-0.39, 0.29) is 75.0 Å². The van der Waals surface area contributed by atoms with Crippen LogP contribution in [0.3, 0.4) is 0 Å². The summed E-state index contributed by atoms with van der Waals surface area (Å²) in [7, 11) is 0. The van der Waals surface area contributed by atoms with Gasteiger partial charge in [-0.15, -0.1) is 0 Å². The molecule has 1 spiro atoms. The Labute approximate surface area is 323 Å². The number of fused-ring (bicyclic) bond motifs is 6. The van der Waals surface area contributed by atoms with Gasteiger partial charge in [-0.3, -0.25) is 24.5 Å². The smallest absolute Gasteiger partial charge is 0.309 e. The van der Waals surface area contributed by atoms with Gasteiger partial charge in [-0.25, -0.2) is 0 Å². The number of aliphatic carboxylic acids is 1.